The molecule has 3 heteroatoms. The van der Waals surface area contributed by atoms with Crippen LogP contribution in [0, 0.1) is 5.92 Å². The number of nitrogens with one attached hydrogen (secondary N) is 1. The highest BCUT2D eigenvalue weighted by Crippen LogP contribution is 2.13. The maximum absolute atomic E-state index is 9.51. The molecule has 16 heavy (non-hydrogen) atoms. The zero-order chi connectivity index (χ0) is 12.4. The second-order valence-electron chi connectivity index (χ2n) is 4.63. The molecule has 0 aliphatic carbocycles. The van der Waals surface area contributed by atoms with Gasteiger partial charge in [-0.2, -0.15) is 0 Å². The van der Waals surface area contributed by atoms with Crippen molar-refractivity contribution in [3.8, 4) is 0 Å². The van der Waals surface area contributed by atoms with E-state index < -0.39 is 0 Å². The highest BCUT2D eigenvalue weighted by Gasteiger charge is 2.14. The number of aliphatic hydroxyl groups excluding tert-OH is 1. The Bertz CT molecular complexity index is 153. The summed E-state index contributed by atoms with van der Waals surface area (Å²) < 4.78 is 4.90. The van der Waals surface area contributed by atoms with Gasteiger partial charge in [0, 0.05) is 13.2 Å². The van der Waals surface area contributed by atoms with Crippen LogP contribution in [-0.4, -0.2) is 37.5 Å². The molecule has 0 aromatic heterocycles. The third-order valence-corrected chi connectivity index (χ3v) is 3.11. The Hall–Kier alpha value is -0.120. The Morgan fingerprint density at radius 2 is 1.94 bits per heavy atom. The summed E-state index contributed by atoms with van der Waals surface area (Å²) in [4.78, 5) is 0. The Morgan fingerprint density at radius 1 is 1.25 bits per heavy atom. The van der Waals surface area contributed by atoms with E-state index in [-0.39, 0.29) is 6.10 Å². The predicted molar refractivity (Wildman–Crippen MR) is 68.7 cm³/mol. The first-order valence-electron chi connectivity index (χ1n) is 6.56. The highest BCUT2D eigenvalue weighted by atomic mass is 16.5. The average molecular weight is 231 g/mol. The maximum atomic E-state index is 9.51. The van der Waals surface area contributed by atoms with Gasteiger partial charge in [-0.1, -0.05) is 27.2 Å². The summed E-state index contributed by atoms with van der Waals surface area (Å²) in [7, 11) is 1.62. The van der Waals surface area contributed by atoms with E-state index in [4.69, 9.17) is 4.74 Å². The van der Waals surface area contributed by atoms with Crippen molar-refractivity contribution >= 4 is 0 Å². The molecule has 98 valence electrons. The van der Waals surface area contributed by atoms with Gasteiger partial charge in [-0.25, -0.2) is 0 Å². The van der Waals surface area contributed by atoms with Crippen molar-refractivity contribution in [2.45, 2.75) is 58.6 Å². The van der Waals surface area contributed by atoms with Crippen molar-refractivity contribution in [1.82, 2.24) is 5.32 Å². The summed E-state index contributed by atoms with van der Waals surface area (Å²) >= 11 is 0. The second kappa shape index (κ2) is 10.1. The van der Waals surface area contributed by atoms with E-state index in [2.05, 4.69) is 26.1 Å². The smallest absolute Gasteiger partial charge is 0.0785 e. The topological polar surface area (TPSA) is 41.5 Å². The molecule has 0 radical (unpaired) electrons. The number of ether oxygens (including phenoxy) is 1. The van der Waals surface area contributed by atoms with Crippen molar-refractivity contribution in [2.75, 3.05) is 20.3 Å². The molecule has 0 amide bonds. The minimum atomic E-state index is -0.337. The lowest BCUT2D eigenvalue weighted by Gasteiger charge is -2.24. The number of hydrogen-bond acceptors (Lipinski definition) is 3. The van der Waals surface area contributed by atoms with Crippen LogP contribution in [0.4, 0.5) is 0 Å². The van der Waals surface area contributed by atoms with Crippen molar-refractivity contribution in [3.05, 3.63) is 0 Å². The van der Waals surface area contributed by atoms with Crippen LogP contribution in [0.15, 0.2) is 0 Å². The fourth-order valence-corrected chi connectivity index (χ4v) is 2.12. The number of hydrogen-bond donors (Lipinski definition) is 2. The molecule has 0 aromatic rings. The zero-order valence-electron chi connectivity index (χ0n) is 11.3. The summed E-state index contributed by atoms with van der Waals surface area (Å²) in [6, 6.07) is 0.578. The lowest BCUT2D eigenvalue weighted by atomic mass is 9.95. The molecule has 3 atom stereocenters. The number of aliphatic hydroxyl groups is 1. The van der Waals surface area contributed by atoms with Crippen LogP contribution in [-0.2, 0) is 4.74 Å². The lowest BCUT2D eigenvalue weighted by molar-refractivity contribution is 0.0585. The van der Waals surface area contributed by atoms with Crippen LogP contribution in [0.1, 0.15) is 46.5 Å². The van der Waals surface area contributed by atoms with Gasteiger partial charge in [-0.15, -0.1) is 0 Å². The van der Waals surface area contributed by atoms with Crippen molar-refractivity contribution < 1.29 is 9.84 Å². The second-order valence-corrected chi connectivity index (χ2v) is 4.63. The minimum Gasteiger partial charge on any atom is -0.391 e. The Morgan fingerprint density at radius 3 is 2.44 bits per heavy atom. The highest BCUT2D eigenvalue weighted by molar-refractivity contribution is 4.72. The summed E-state index contributed by atoms with van der Waals surface area (Å²) in [6.45, 7) is 8.05. The third-order valence-electron chi connectivity index (χ3n) is 3.11. The van der Waals surface area contributed by atoms with E-state index in [1.54, 1.807) is 7.11 Å². The van der Waals surface area contributed by atoms with E-state index in [1.807, 2.05) is 0 Å². The van der Waals surface area contributed by atoms with Crippen LogP contribution >= 0.6 is 0 Å². The summed E-state index contributed by atoms with van der Waals surface area (Å²) in [5.74, 6) is 0.717. The van der Waals surface area contributed by atoms with Gasteiger partial charge in [-0.05, 0) is 31.7 Å². The first-order valence-corrected chi connectivity index (χ1v) is 6.56. The van der Waals surface area contributed by atoms with E-state index in [1.165, 1.54) is 12.8 Å². The summed E-state index contributed by atoms with van der Waals surface area (Å²) in [5, 5.41) is 13.0. The fraction of sp³-hybridized carbons (Fsp3) is 1.00. The molecule has 3 unspecified atom stereocenters. The zero-order valence-corrected chi connectivity index (χ0v) is 11.3. The Labute approximate surface area is 101 Å². The van der Waals surface area contributed by atoms with E-state index in [9.17, 15) is 5.11 Å². The molecule has 0 rings (SSSR count). The molecular weight excluding hydrogens is 202 g/mol. The predicted octanol–water partition coefficient (Wildman–Crippen LogP) is 2.19. The molecule has 0 spiro atoms. The van der Waals surface area contributed by atoms with E-state index in [0.717, 1.165) is 25.3 Å². The number of rotatable bonds is 10. The fourth-order valence-electron chi connectivity index (χ4n) is 2.12. The molecule has 0 fully saturated rings. The van der Waals surface area contributed by atoms with E-state index >= 15 is 0 Å². The van der Waals surface area contributed by atoms with Gasteiger partial charge in [0.25, 0.3) is 0 Å². The summed E-state index contributed by atoms with van der Waals surface area (Å²) in [6.07, 6.45) is 4.10. The van der Waals surface area contributed by atoms with Gasteiger partial charge in [0.15, 0.2) is 0 Å². The van der Waals surface area contributed by atoms with Gasteiger partial charge >= 0.3 is 0 Å². The molecular formula is C13H29NO2. The lowest BCUT2D eigenvalue weighted by Crippen LogP contribution is -2.36. The standard InChI is InChI=1S/C13H29NO2/c1-5-7-11(3)13(6-2)14-9-8-12(15)10-16-4/h11-15H,5-10H2,1-4H3. The third kappa shape index (κ3) is 7.20. The van der Waals surface area contributed by atoms with Crippen molar-refractivity contribution in [2.24, 2.45) is 5.92 Å². The molecule has 2 N–H and O–H groups in total. The number of methoxy groups -OCH3 is 1. The Kier molecular flexibility index (Phi) is 9.99. The molecule has 0 aliphatic rings. The molecule has 0 heterocycles. The van der Waals surface area contributed by atoms with Gasteiger partial charge in [0.2, 0.25) is 0 Å². The largest absolute Gasteiger partial charge is 0.391 e. The van der Waals surface area contributed by atoms with Gasteiger partial charge in [0.05, 0.1) is 12.7 Å². The monoisotopic (exact) mass is 231 g/mol. The van der Waals surface area contributed by atoms with Crippen LogP contribution in [0.25, 0.3) is 0 Å². The van der Waals surface area contributed by atoms with Crippen LogP contribution < -0.4 is 5.32 Å². The average Bonchev–Trinajstić information content (AvgIpc) is 2.25. The van der Waals surface area contributed by atoms with Gasteiger partial charge < -0.3 is 15.2 Å². The van der Waals surface area contributed by atoms with Crippen molar-refractivity contribution in [1.29, 1.82) is 0 Å². The van der Waals surface area contributed by atoms with Crippen molar-refractivity contribution in [3.63, 3.8) is 0 Å². The van der Waals surface area contributed by atoms with Crippen LogP contribution in [0.2, 0.25) is 0 Å². The molecule has 0 aliphatic heterocycles. The summed E-state index contributed by atoms with van der Waals surface area (Å²) in [5.41, 5.74) is 0. The molecule has 3 nitrogen and oxygen atoms in total. The van der Waals surface area contributed by atoms with Gasteiger partial charge in [-0.3, -0.25) is 0 Å². The van der Waals surface area contributed by atoms with Crippen LogP contribution in [0.3, 0.4) is 0 Å². The Balaban J connectivity index is 3.69. The normalized spacial score (nSPS) is 17.1. The molecule has 0 bridgehead atoms. The van der Waals surface area contributed by atoms with Crippen LogP contribution in [0.5, 0.6) is 0 Å². The minimum absolute atomic E-state index is 0.337. The van der Waals surface area contributed by atoms with Gasteiger partial charge in [0.1, 0.15) is 0 Å². The molecule has 0 saturated heterocycles. The molecule has 0 saturated carbocycles. The quantitative estimate of drug-likeness (QED) is 0.605. The first kappa shape index (κ1) is 15.9. The molecule has 0 aromatic carbocycles. The van der Waals surface area contributed by atoms with E-state index in [0.29, 0.717) is 12.6 Å². The first-order chi connectivity index (χ1) is 7.65. The SMILES string of the molecule is CCCC(C)C(CC)NCCC(O)COC. The maximum Gasteiger partial charge on any atom is 0.0785 e.